The first-order valence-corrected chi connectivity index (χ1v) is 6.68. The van der Waals surface area contributed by atoms with Crippen LogP contribution in [0.5, 0.6) is 0 Å². The molecule has 1 heterocycles. The lowest BCUT2D eigenvalue weighted by Crippen LogP contribution is -2.37. The highest BCUT2D eigenvalue weighted by Gasteiger charge is 2.37. The lowest BCUT2D eigenvalue weighted by Gasteiger charge is -2.37. The zero-order valence-corrected chi connectivity index (χ0v) is 11.7. The second-order valence-electron chi connectivity index (χ2n) is 5.92. The topological polar surface area (TPSA) is 70.7 Å². The molecule has 1 aromatic rings. The Morgan fingerprint density at radius 1 is 1.58 bits per heavy atom. The fourth-order valence-electron chi connectivity index (χ4n) is 2.85. The summed E-state index contributed by atoms with van der Waals surface area (Å²) >= 11 is 0. The molecule has 1 aliphatic rings. The number of aromatic nitrogens is 2. The van der Waals surface area contributed by atoms with Crippen molar-refractivity contribution < 1.29 is 4.79 Å². The molecule has 1 atom stereocenters. The van der Waals surface area contributed by atoms with Crippen LogP contribution in [-0.4, -0.2) is 15.7 Å². The van der Waals surface area contributed by atoms with Crippen LogP contribution < -0.4 is 5.32 Å². The Kier molecular flexibility index (Phi) is 3.61. The molecule has 5 heteroatoms. The summed E-state index contributed by atoms with van der Waals surface area (Å²) in [6.07, 6.45) is 5.74. The Labute approximate surface area is 113 Å². The molecule has 1 N–H and O–H groups in total. The van der Waals surface area contributed by atoms with Crippen LogP contribution in [0.25, 0.3) is 0 Å². The molecule has 19 heavy (non-hydrogen) atoms. The van der Waals surface area contributed by atoms with E-state index in [1.807, 2.05) is 6.07 Å². The van der Waals surface area contributed by atoms with E-state index in [-0.39, 0.29) is 17.2 Å². The van der Waals surface area contributed by atoms with Crippen molar-refractivity contribution in [3.8, 4) is 6.07 Å². The maximum atomic E-state index is 12.4. The average Bonchev–Trinajstić information content (AvgIpc) is 2.70. The van der Waals surface area contributed by atoms with E-state index in [1.165, 1.54) is 17.3 Å². The van der Waals surface area contributed by atoms with Gasteiger partial charge in [0.25, 0.3) is 0 Å². The Hall–Kier alpha value is -1.83. The Bertz CT molecular complexity index is 524. The van der Waals surface area contributed by atoms with E-state index < -0.39 is 0 Å². The Morgan fingerprint density at radius 3 is 2.95 bits per heavy atom. The van der Waals surface area contributed by atoms with Gasteiger partial charge in [-0.15, -0.1) is 0 Å². The first-order chi connectivity index (χ1) is 8.95. The van der Waals surface area contributed by atoms with Gasteiger partial charge in [0.2, 0.25) is 5.91 Å². The molecule has 1 aromatic heterocycles. The van der Waals surface area contributed by atoms with Crippen molar-refractivity contribution in [3.05, 3.63) is 11.8 Å². The lowest BCUT2D eigenvalue weighted by atomic mass is 9.68. The molecule has 0 aliphatic heterocycles. The zero-order valence-electron chi connectivity index (χ0n) is 11.7. The number of nitriles is 1. The molecule has 1 amide bonds. The largest absolute Gasteiger partial charge is 0.310 e. The van der Waals surface area contributed by atoms with E-state index in [1.54, 1.807) is 7.05 Å². The number of carbonyl (C=O) groups is 1. The third-order valence-electron chi connectivity index (χ3n) is 4.12. The average molecular weight is 260 g/mol. The summed E-state index contributed by atoms with van der Waals surface area (Å²) in [5.74, 6) is 0.501. The molecule has 0 radical (unpaired) electrons. The van der Waals surface area contributed by atoms with Gasteiger partial charge in [-0.2, -0.15) is 10.4 Å². The van der Waals surface area contributed by atoms with Gasteiger partial charge in [0.15, 0.2) is 0 Å². The zero-order chi connectivity index (χ0) is 14.0. The number of hydrogen-bond acceptors (Lipinski definition) is 3. The molecule has 0 spiro atoms. The maximum absolute atomic E-state index is 12.4. The van der Waals surface area contributed by atoms with E-state index in [0.717, 1.165) is 19.3 Å². The first-order valence-electron chi connectivity index (χ1n) is 6.68. The number of amides is 1. The summed E-state index contributed by atoms with van der Waals surface area (Å²) in [5.41, 5.74) is 0.428. The van der Waals surface area contributed by atoms with Gasteiger partial charge >= 0.3 is 0 Å². The number of hydrogen-bond donors (Lipinski definition) is 1. The molecule has 2 rings (SSSR count). The standard InChI is InChI=1S/C14H20N4O/c1-14(2)7-5-4-6-11(14)13(19)17-12-10(8-15)9-16-18(12)3/h9,11H,4-7H2,1-3H3,(H,17,19). The second kappa shape index (κ2) is 5.04. The van der Waals surface area contributed by atoms with E-state index in [0.29, 0.717) is 11.4 Å². The van der Waals surface area contributed by atoms with Crippen molar-refractivity contribution in [2.45, 2.75) is 39.5 Å². The van der Waals surface area contributed by atoms with Crippen LogP contribution in [0.1, 0.15) is 45.1 Å². The molecular formula is C14H20N4O. The van der Waals surface area contributed by atoms with Crippen molar-refractivity contribution in [2.75, 3.05) is 5.32 Å². The molecule has 0 saturated heterocycles. The Balaban J connectivity index is 2.17. The van der Waals surface area contributed by atoms with Gasteiger partial charge < -0.3 is 5.32 Å². The fourth-order valence-corrected chi connectivity index (χ4v) is 2.85. The van der Waals surface area contributed by atoms with Crippen molar-refractivity contribution in [1.29, 1.82) is 5.26 Å². The third kappa shape index (κ3) is 2.62. The molecule has 0 aromatic carbocycles. The SMILES string of the molecule is Cn1ncc(C#N)c1NC(=O)C1CCCCC1(C)C. The lowest BCUT2D eigenvalue weighted by molar-refractivity contribution is -0.124. The summed E-state index contributed by atoms with van der Waals surface area (Å²) in [6.45, 7) is 4.29. The quantitative estimate of drug-likeness (QED) is 0.887. The van der Waals surface area contributed by atoms with Crippen molar-refractivity contribution in [3.63, 3.8) is 0 Å². The molecule has 1 fully saturated rings. The van der Waals surface area contributed by atoms with Gasteiger partial charge in [-0.25, -0.2) is 0 Å². The van der Waals surface area contributed by atoms with Gasteiger partial charge in [0.1, 0.15) is 17.5 Å². The molecule has 1 unspecified atom stereocenters. The maximum Gasteiger partial charge on any atom is 0.229 e. The van der Waals surface area contributed by atoms with Crippen molar-refractivity contribution in [2.24, 2.45) is 18.4 Å². The highest BCUT2D eigenvalue weighted by Crippen LogP contribution is 2.41. The minimum atomic E-state index is 0.00249. The summed E-state index contributed by atoms with van der Waals surface area (Å²) < 4.78 is 1.53. The smallest absolute Gasteiger partial charge is 0.229 e. The van der Waals surface area contributed by atoms with Gasteiger partial charge in [-0.05, 0) is 18.3 Å². The van der Waals surface area contributed by atoms with E-state index in [9.17, 15) is 4.79 Å². The first kappa shape index (κ1) is 13.6. The van der Waals surface area contributed by atoms with E-state index >= 15 is 0 Å². The number of aryl methyl sites for hydroxylation is 1. The number of anilines is 1. The normalized spacial score (nSPS) is 21.7. The number of carbonyl (C=O) groups excluding carboxylic acids is 1. The summed E-state index contributed by atoms with van der Waals surface area (Å²) in [5, 5.41) is 15.9. The van der Waals surface area contributed by atoms with Crippen LogP contribution in [0.3, 0.4) is 0 Å². The van der Waals surface area contributed by atoms with Gasteiger partial charge in [0, 0.05) is 13.0 Å². The monoisotopic (exact) mass is 260 g/mol. The summed E-state index contributed by atoms with van der Waals surface area (Å²) in [4.78, 5) is 12.4. The molecule has 1 saturated carbocycles. The molecule has 5 nitrogen and oxygen atoms in total. The molecule has 0 bridgehead atoms. The number of rotatable bonds is 2. The summed E-state index contributed by atoms with van der Waals surface area (Å²) in [7, 11) is 1.72. The molecule has 102 valence electrons. The van der Waals surface area contributed by atoms with Crippen LogP contribution in [-0.2, 0) is 11.8 Å². The van der Waals surface area contributed by atoms with Crippen LogP contribution in [0, 0.1) is 22.7 Å². The number of nitrogens with zero attached hydrogens (tertiary/aromatic N) is 3. The minimum Gasteiger partial charge on any atom is -0.310 e. The highest BCUT2D eigenvalue weighted by atomic mass is 16.2. The van der Waals surface area contributed by atoms with Crippen LogP contribution in [0.2, 0.25) is 0 Å². The Morgan fingerprint density at radius 2 is 2.32 bits per heavy atom. The highest BCUT2D eigenvalue weighted by molar-refractivity contribution is 5.93. The van der Waals surface area contributed by atoms with E-state index in [2.05, 4.69) is 24.3 Å². The van der Waals surface area contributed by atoms with Gasteiger partial charge in [-0.1, -0.05) is 26.7 Å². The molecule has 1 aliphatic carbocycles. The fraction of sp³-hybridized carbons (Fsp3) is 0.643. The van der Waals surface area contributed by atoms with Gasteiger partial charge in [0.05, 0.1) is 6.20 Å². The third-order valence-corrected chi connectivity index (χ3v) is 4.12. The van der Waals surface area contributed by atoms with E-state index in [4.69, 9.17) is 5.26 Å². The van der Waals surface area contributed by atoms with Gasteiger partial charge in [-0.3, -0.25) is 9.48 Å². The van der Waals surface area contributed by atoms with Crippen LogP contribution in [0.4, 0.5) is 5.82 Å². The predicted octanol–water partition coefficient (Wildman–Crippen LogP) is 2.45. The predicted molar refractivity (Wildman–Crippen MR) is 72.3 cm³/mol. The van der Waals surface area contributed by atoms with Crippen molar-refractivity contribution in [1.82, 2.24) is 9.78 Å². The molecular weight excluding hydrogens is 240 g/mol. The van der Waals surface area contributed by atoms with Crippen molar-refractivity contribution >= 4 is 11.7 Å². The second-order valence-corrected chi connectivity index (χ2v) is 5.92. The minimum absolute atomic E-state index is 0.00249. The van der Waals surface area contributed by atoms with Crippen LogP contribution in [0.15, 0.2) is 6.20 Å². The van der Waals surface area contributed by atoms with Crippen LogP contribution >= 0.6 is 0 Å². The summed E-state index contributed by atoms with van der Waals surface area (Å²) in [6, 6.07) is 2.05. The number of nitrogens with one attached hydrogen (secondary N) is 1.